The van der Waals surface area contributed by atoms with Crippen molar-refractivity contribution in [3.8, 4) is 0 Å². The molecule has 0 amide bonds. The fraction of sp³-hybridized carbons (Fsp3) is 0.515. The largest absolute Gasteiger partial charge is 0.496 e. The molecule has 5 nitrogen and oxygen atoms in total. The van der Waals surface area contributed by atoms with Gasteiger partial charge in [-0.2, -0.15) is 0 Å². The maximum atomic E-state index is 11.4. The molecule has 4 atom stereocenters. The first-order valence-corrected chi connectivity index (χ1v) is 14.1. The lowest BCUT2D eigenvalue weighted by atomic mass is 9.75. The van der Waals surface area contributed by atoms with Crippen molar-refractivity contribution < 1.29 is 14.9 Å². The number of aromatic amines is 1. The highest BCUT2D eigenvalue weighted by Crippen LogP contribution is 2.36. The summed E-state index contributed by atoms with van der Waals surface area (Å²) in [5, 5.41) is 27.0. The molecule has 208 valence electrons. The van der Waals surface area contributed by atoms with E-state index >= 15 is 0 Å². The SMILES string of the molecule is COC1=C(NCCc2c[nH]c3ccccc23)[C@@H](O)[C@@H](C/C=C(\C)CC/C=C(\C)CCC=C(C)C)[C@H](C)C1O. The molecule has 0 spiro atoms. The van der Waals surface area contributed by atoms with E-state index < -0.39 is 12.2 Å². The quantitative estimate of drug-likeness (QED) is 0.215. The van der Waals surface area contributed by atoms with Crippen LogP contribution in [0.5, 0.6) is 0 Å². The molecule has 1 aromatic heterocycles. The average molecular weight is 521 g/mol. The van der Waals surface area contributed by atoms with Gasteiger partial charge in [0.25, 0.3) is 0 Å². The number of hydrogen-bond acceptors (Lipinski definition) is 4. The minimum atomic E-state index is -0.746. The van der Waals surface area contributed by atoms with Gasteiger partial charge in [0.15, 0.2) is 0 Å². The van der Waals surface area contributed by atoms with Crippen LogP contribution in [0.15, 0.2) is 76.9 Å². The monoisotopic (exact) mass is 520 g/mol. The average Bonchev–Trinajstić information content (AvgIpc) is 3.30. The van der Waals surface area contributed by atoms with Crippen LogP contribution in [0.1, 0.15) is 72.3 Å². The van der Waals surface area contributed by atoms with Gasteiger partial charge < -0.3 is 25.3 Å². The lowest BCUT2D eigenvalue weighted by Crippen LogP contribution is -2.46. The van der Waals surface area contributed by atoms with E-state index in [0.29, 0.717) is 18.0 Å². The number of aromatic nitrogens is 1. The smallest absolute Gasteiger partial charge is 0.146 e. The fourth-order valence-corrected chi connectivity index (χ4v) is 5.39. The summed E-state index contributed by atoms with van der Waals surface area (Å²) in [4.78, 5) is 3.32. The molecule has 1 aliphatic rings. The molecule has 0 bridgehead atoms. The normalized spacial score (nSPS) is 22.6. The number of hydrogen-bond donors (Lipinski definition) is 4. The first kappa shape index (κ1) is 29.8. The number of benzene rings is 1. The van der Waals surface area contributed by atoms with Crippen LogP contribution >= 0.6 is 0 Å². The number of ether oxygens (including phenoxy) is 1. The Labute approximate surface area is 229 Å². The standard InChI is InChI=1S/C33H48N2O3/c1-22(2)11-9-12-23(3)13-10-14-24(4)17-18-27-25(5)31(36)33(38-6)30(32(27)37)34-20-19-26-21-35-29-16-8-7-15-28(26)29/h7-8,11,13,15-17,21,25,27,31-32,34-37H,9-10,12,14,18-20H2,1-6H3/b23-13+,24-17+/t25-,27-,31?,32-/m0/s1. The Morgan fingerprint density at radius 1 is 0.974 bits per heavy atom. The summed E-state index contributed by atoms with van der Waals surface area (Å²) in [6.07, 6.45) is 13.2. The molecule has 4 N–H and O–H groups in total. The first-order valence-electron chi connectivity index (χ1n) is 14.1. The Balaban J connectivity index is 1.59. The van der Waals surface area contributed by atoms with E-state index in [9.17, 15) is 10.2 Å². The van der Waals surface area contributed by atoms with E-state index in [1.54, 1.807) is 7.11 Å². The van der Waals surface area contributed by atoms with E-state index in [1.807, 2.05) is 25.3 Å². The zero-order chi connectivity index (χ0) is 27.7. The molecule has 3 rings (SSSR count). The number of rotatable bonds is 13. The fourth-order valence-electron chi connectivity index (χ4n) is 5.39. The summed E-state index contributed by atoms with van der Waals surface area (Å²) in [7, 11) is 1.57. The highest BCUT2D eigenvalue weighted by atomic mass is 16.5. The second kappa shape index (κ2) is 14.4. The molecule has 0 radical (unpaired) electrons. The summed E-state index contributed by atoms with van der Waals surface area (Å²) in [5.74, 6) is 0.255. The molecule has 0 fully saturated rings. The molecule has 0 aliphatic heterocycles. The molecule has 0 saturated heterocycles. The summed E-state index contributed by atoms with van der Waals surface area (Å²) >= 11 is 0. The number of fused-ring (bicyclic) bond motifs is 1. The second-order valence-electron chi connectivity index (χ2n) is 11.1. The Kier molecular flexibility index (Phi) is 11.3. The van der Waals surface area contributed by atoms with E-state index in [4.69, 9.17) is 4.74 Å². The van der Waals surface area contributed by atoms with Gasteiger partial charge in [0.2, 0.25) is 0 Å². The molecule has 1 unspecified atom stereocenters. The highest BCUT2D eigenvalue weighted by molar-refractivity contribution is 5.83. The predicted molar refractivity (Wildman–Crippen MR) is 159 cm³/mol. The topological polar surface area (TPSA) is 77.5 Å². The molecular weight excluding hydrogens is 472 g/mol. The van der Waals surface area contributed by atoms with Crippen LogP contribution in [0.4, 0.5) is 0 Å². The van der Waals surface area contributed by atoms with Gasteiger partial charge in [-0.3, -0.25) is 0 Å². The van der Waals surface area contributed by atoms with Crippen molar-refractivity contribution in [1.29, 1.82) is 0 Å². The summed E-state index contributed by atoms with van der Waals surface area (Å²) < 4.78 is 5.58. The highest BCUT2D eigenvalue weighted by Gasteiger charge is 2.41. The number of nitrogens with one attached hydrogen (secondary N) is 2. The van der Waals surface area contributed by atoms with E-state index in [2.05, 4.69) is 68.4 Å². The van der Waals surface area contributed by atoms with E-state index in [-0.39, 0.29) is 11.8 Å². The third-order valence-electron chi connectivity index (χ3n) is 7.87. The number of aliphatic hydroxyl groups excluding tert-OH is 2. The lowest BCUT2D eigenvalue weighted by Gasteiger charge is -2.39. The zero-order valence-corrected chi connectivity index (χ0v) is 24.2. The minimum absolute atomic E-state index is 0.0872. The molecular formula is C33H48N2O3. The van der Waals surface area contributed by atoms with Crippen LogP contribution in [0.25, 0.3) is 10.9 Å². The first-order chi connectivity index (χ1) is 18.2. The van der Waals surface area contributed by atoms with Crippen LogP contribution < -0.4 is 5.32 Å². The summed E-state index contributed by atoms with van der Waals surface area (Å²) in [6, 6.07) is 8.27. The van der Waals surface area contributed by atoms with Gasteiger partial charge in [-0.25, -0.2) is 0 Å². The third kappa shape index (κ3) is 7.87. The second-order valence-corrected chi connectivity index (χ2v) is 11.1. The molecule has 2 aromatic rings. The predicted octanol–water partition coefficient (Wildman–Crippen LogP) is 6.96. The Morgan fingerprint density at radius 2 is 1.66 bits per heavy atom. The minimum Gasteiger partial charge on any atom is -0.496 e. The van der Waals surface area contributed by atoms with Crippen molar-refractivity contribution >= 4 is 10.9 Å². The van der Waals surface area contributed by atoms with Gasteiger partial charge in [0, 0.05) is 23.6 Å². The Morgan fingerprint density at radius 3 is 2.37 bits per heavy atom. The van der Waals surface area contributed by atoms with Gasteiger partial charge in [-0.1, -0.05) is 60.1 Å². The van der Waals surface area contributed by atoms with Gasteiger partial charge in [0.05, 0.1) is 12.8 Å². The van der Waals surface area contributed by atoms with E-state index in [0.717, 1.165) is 44.0 Å². The third-order valence-corrected chi connectivity index (χ3v) is 7.87. The van der Waals surface area contributed by atoms with Crippen molar-refractivity contribution in [2.24, 2.45) is 11.8 Å². The van der Waals surface area contributed by atoms with Gasteiger partial charge in [-0.05, 0) is 89.7 Å². The van der Waals surface area contributed by atoms with Crippen LogP contribution in [-0.4, -0.2) is 41.1 Å². The van der Waals surface area contributed by atoms with Crippen molar-refractivity contribution in [2.45, 2.75) is 85.4 Å². The van der Waals surface area contributed by atoms with Crippen LogP contribution in [0, 0.1) is 11.8 Å². The molecule has 1 aliphatic carbocycles. The molecule has 1 aromatic carbocycles. The molecule has 0 saturated carbocycles. The van der Waals surface area contributed by atoms with Crippen molar-refractivity contribution in [3.63, 3.8) is 0 Å². The summed E-state index contributed by atoms with van der Waals surface area (Å²) in [6.45, 7) is 11.3. The zero-order valence-electron chi connectivity index (χ0n) is 24.2. The molecule has 1 heterocycles. The summed E-state index contributed by atoms with van der Waals surface area (Å²) in [5.41, 5.74) is 7.10. The van der Waals surface area contributed by atoms with Crippen molar-refractivity contribution in [2.75, 3.05) is 13.7 Å². The Hall–Kier alpha value is -2.76. The van der Waals surface area contributed by atoms with Crippen LogP contribution in [-0.2, 0) is 11.2 Å². The van der Waals surface area contributed by atoms with Gasteiger partial charge in [-0.15, -0.1) is 0 Å². The van der Waals surface area contributed by atoms with Gasteiger partial charge >= 0.3 is 0 Å². The van der Waals surface area contributed by atoms with Gasteiger partial charge in [0.1, 0.15) is 18.0 Å². The maximum Gasteiger partial charge on any atom is 0.146 e. The van der Waals surface area contributed by atoms with Crippen molar-refractivity contribution in [1.82, 2.24) is 10.3 Å². The number of H-pyrrole nitrogens is 1. The number of aliphatic hydroxyl groups is 2. The van der Waals surface area contributed by atoms with E-state index in [1.165, 1.54) is 27.7 Å². The number of allylic oxidation sites excluding steroid dienone is 6. The Bertz CT molecular complexity index is 1170. The van der Waals surface area contributed by atoms with Crippen LogP contribution in [0.2, 0.25) is 0 Å². The number of methoxy groups -OCH3 is 1. The van der Waals surface area contributed by atoms with Crippen molar-refractivity contribution in [3.05, 3.63) is 82.4 Å². The lowest BCUT2D eigenvalue weighted by molar-refractivity contribution is -0.00908. The van der Waals surface area contributed by atoms with Crippen LogP contribution in [0.3, 0.4) is 0 Å². The maximum absolute atomic E-state index is 11.4. The number of para-hydroxylation sites is 1. The molecule has 5 heteroatoms. The molecule has 38 heavy (non-hydrogen) atoms.